The van der Waals surface area contributed by atoms with Crippen LogP contribution in [-0.4, -0.2) is 15.5 Å². The first-order chi connectivity index (χ1) is 9.16. The third kappa shape index (κ3) is 3.66. The lowest BCUT2D eigenvalue weighted by Crippen LogP contribution is -2.17. The molecule has 0 unspecified atom stereocenters. The second-order valence-electron chi connectivity index (χ2n) is 4.40. The summed E-state index contributed by atoms with van der Waals surface area (Å²) in [4.78, 5) is 15.4. The fraction of sp³-hybridized carbons (Fsp3) is 0.286. The van der Waals surface area contributed by atoms with E-state index in [2.05, 4.69) is 15.6 Å². The van der Waals surface area contributed by atoms with E-state index in [9.17, 15) is 4.79 Å². The van der Waals surface area contributed by atoms with Crippen molar-refractivity contribution in [1.29, 1.82) is 0 Å². The second kappa shape index (κ2) is 6.15. The van der Waals surface area contributed by atoms with E-state index in [0.29, 0.717) is 13.1 Å². The van der Waals surface area contributed by atoms with Crippen LogP contribution in [0.2, 0.25) is 0 Å². The first kappa shape index (κ1) is 13.3. The quantitative estimate of drug-likeness (QED) is 0.857. The molecule has 0 bridgehead atoms. The van der Waals surface area contributed by atoms with Crippen LogP contribution in [0.5, 0.6) is 0 Å². The van der Waals surface area contributed by atoms with E-state index in [-0.39, 0.29) is 5.91 Å². The smallest absolute Gasteiger partial charge is 0.221 e. The minimum atomic E-state index is -0.0587. The fourth-order valence-corrected chi connectivity index (χ4v) is 1.86. The zero-order valence-electron chi connectivity index (χ0n) is 11.2. The maximum absolute atomic E-state index is 11.1. The van der Waals surface area contributed by atoms with Crippen molar-refractivity contribution in [2.75, 3.05) is 5.32 Å². The molecule has 1 aromatic heterocycles. The first-order valence-corrected chi connectivity index (χ1v) is 6.19. The number of amides is 1. The van der Waals surface area contributed by atoms with Crippen LogP contribution < -0.4 is 10.6 Å². The molecule has 2 N–H and O–H groups in total. The summed E-state index contributed by atoms with van der Waals surface area (Å²) in [5.74, 6) is 0.925. The summed E-state index contributed by atoms with van der Waals surface area (Å²) in [6, 6.07) is 7.77. The molecular formula is C14H18N4O. The molecular weight excluding hydrogens is 240 g/mol. The SMILES string of the molecule is CC(=O)Nc1ccccc1CNCc1nccn1C. The van der Waals surface area contributed by atoms with E-state index in [0.717, 1.165) is 17.1 Å². The van der Waals surface area contributed by atoms with Crippen LogP contribution in [0.4, 0.5) is 5.69 Å². The highest BCUT2D eigenvalue weighted by Crippen LogP contribution is 2.14. The lowest BCUT2D eigenvalue weighted by atomic mass is 10.1. The summed E-state index contributed by atoms with van der Waals surface area (Å²) >= 11 is 0. The molecule has 5 nitrogen and oxygen atoms in total. The third-order valence-electron chi connectivity index (χ3n) is 2.85. The lowest BCUT2D eigenvalue weighted by molar-refractivity contribution is -0.114. The topological polar surface area (TPSA) is 59.0 Å². The first-order valence-electron chi connectivity index (χ1n) is 6.19. The summed E-state index contributed by atoms with van der Waals surface area (Å²) < 4.78 is 1.98. The normalized spacial score (nSPS) is 10.4. The molecule has 100 valence electrons. The van der Waals surface area contributed by atoms with Crippen molar-refractivity contribution in [1.82, 2.24) is 14.9 Å². The Balaban J connectivity index is 1.96. The molecule has 1 amide bonds. The summed E-state index contributed by atoms with van der Waals surface area (Å²) in [6.45, 7) is 2.89. The number of imidazole rings is 1. The standard InChI is InChI=1S/C14H18N4O/c1-11(19)17-13-6-4-3-5-12(13)9-15-10-14-16-7-8-18(14)2/h3-8,15H,9-10H2,1-2H3,(H,17,19). The average molecular weight is 258 g/mol. The average Bonchev–Trinajstić information content (AvgIpc) is 2.77. The Labute approximate surface area is 112 Å². The molecule has 2 rings (SSSR count). The summed E-state index contributed by atoms with van der Waals surface area (Å²) in [7, 11) is 1.97. The number of hydrogen-bond donors (Lipinski definition) is 2. The zero-order chi connectivity index (χ0) is 13.7. The maximum Gasteiger partial charge on any atom is 0.221 e. The van der Waals surface area contributed by atoms with Crippen molar-refractivity contribution in [3.8, 4) is 0 Å². The molecule has 0 saturated carbocycles. The van der Waals surface area contributed by atoms with Crippen LogP contribution in [0.3, 0.4) is 0 Å². The molecule has 2 aromatic rings. The van der Waals surface area contributed by atoms with Crippen molar-refractivity contribution < 1.29 is 4.79 Å². The molecule has 1 aromatic carbocycles. The van der Waals surface area contributed by atoms with Crippen molar-refractivity contribution >= 4 is 11.6 Å². The Hall–Kier alpha value is -2.14. The minimum absolute atomic E-state index is 0.0587. The number of anilines is 1. The van der Waals surface area contributed by atoms with Crippen LogP contribution in [0.1, 0.15) is 18.3 Å². The third-order valence-corrected chi connectivity index (χ3v) is 2.85. The van der Waals surface area contributed by atoms with Gasteiger partial charge in [0.1, 0.15) is 5.82 Å². The van der Waals surface area contributed by atoms with E-state index in [1.54, 1.807) is 6.20 Å². The van der Waals surface area contributed by atoms with Crippen molar-refractivity contribution in [2.24, 2.45) is 7.05 Å². The Morgan fingerprint density at radius 1 is 1.32 bits per heavy atom. The molecule has 19 heavy (non-hydrogen) atoms. The van der Waals surface area contributed by atoms with Crippen LogP contribution in [0, 0.1) is 0 Å². The van der Waals surface area contributed by atoms with Crippen LogP contribution in [0.15, 0.2) is 36.7 Å². The largest absolute Gasteiger partial charge is 0.337 e. The van der Waals surface area contributed by atoms with Gasteiger partial charge in [-0.3, -0.25) is 4.79 Å². The fourth-order valence-electron chi connectivity index (χ4n) is 1.86. The van der Waals surface area contributed by atoms with Gasteiger partial charge in [-0.2, -0.15) is 0 Å². The molecule has 0 spiro atoms. The van der Waals surface area contributed by atoms with Gasteiger partial charge in [-0.15, -0.1) is 0 Å². The number of para-hydroxylation sites is 1. The van der Waals surface area contributed by atoms with Gasteiger partial charge in [-0.05, 0) is 11.6 Å². The van der Waals surface area contributed by atoms with Crippen LogP contribution in [-0.2, 0) is 24.9 Å². The zero-order valence-corrected chi connectivity index (χ0v) is 11.2. The van der Waals surface area contributed by atoms with Gasteiger partial charge in [0.2, 0.25) is 5.91 Å². The highest BCUT2D eigenvalue weighted by atomic mass is 16.1. The second-order valence-corrected chi connectivity index (χ2v) is 4.40. The van der Waals surface area contributed by atoms with Gasteiger partial charge in [0.05, 0.1) is 6.54 Å². The molecule has 5 heteroatoms. The monoisotopic (exact) mass is 258 g/mol. The van der Waals surface area contributed by atoms with Gasteiger partial charge in [-0.25, -0.2) is 4.98 Å². The number of hydrogen-bond acceptors (Lipinski definition) is 3. The molecule has 0 atom stereocenters. The number of aromatic nitrogens is 2. The number of benzene rings is 1. The molecule has 0 aliphatic heterocycles. The van der Waals surface area contributed by atoms with Gasteiger partial charge in [0.15, 0.2) is 0 Å². The van der Waals surface area contributed by atoms with E-state index in [4.69, 9.17) is 0 Å². The molecule has 0 aliphatic carbocycles. The van der Waals surface area contributed by atoms with Crippen molar-refractivity contribution in [2.45, 2.75) is 20.0 Å². The van der Waals surface area contributed by atoms with Gasteiger partial charge in [0, 0.05) is 38.6 Å². The summed E-state index contributed by atoms with van der Waals surface area (Å²) in [6.07, 6.45) is 3.70. The predicted molar refractivity (Wildman–Crippen MR) is 74.5 cm³/mol. The minimum Gasteiger partial charge on any atom is -0.337 e. The summed E-state index contributed by atoms with van der Waals surface area (Å²) in [5, 5.41) is 6.15. The Bertz CT molecular complexity index is 562. The van der Waals surface area contributed by atoms with E-state index in [1.165, 1.54) is 6.92 Å². The van der Waals surface area contributed by atoms with Gasteiger partial charge < -0.3 is 15.2 Å². The van der Waals surface area contributed by atoms with E-state index in [1.807, 2.05) is 42.1 Å². The van der Waals surface area contributed by atoms with Gasteiger partial charge in [0.25, 0.3) is 0 Å². The highest BCUT2D eigenvalue weighted by molar-refractivity contribution is 5.89. The number of carbonyl (C=O) groups excluding carboxylic acids is 1. The number of nitrogens with one attached hydrogen (secondary N) is 2. The molecule has 0 radical (unpaired) electrons. The Kier molecular flexibility index (Phi) is 4.30. The molecule has 0 saturated heterocycles. The number of nitrogens with zero attached hydrogens (tertiary/aromatic N) is 2. The number of rotatable bonds is 5. The van der Waals surface area contributed by atoms with Gasteiger partial charge in [-0.1, -0.05) is 18.2 Å². The predicted octanol–water partition coefficient (Wildman–Crippen LogP) is 1.67. The van der Waals surface area contributed by atoms with E-state index >= 15 is 0 Å². The Morgan fingerprint density at radius 3 is 2.79 bits per heavy atom. The van der Waals surface area contributed by atoms with Crippen molar-refractivity contribution in [3.63, 3.8) is 0 Å². The van der Waals surface area contributed by atoms with Crippen molar-refractivity contribution in [3.05, 3.63) is 48.0 Å². The molecule has 0 aliphatic rings. The van der Waals surface area contributed by atoms with Crippen LogP contribution in [0.25, 0.3) is 0 Å². The Morgan fingerprint density at radius 2 is 2.11 bits per heavy atom. The summed E-state index contributed by atoms with van der Waals surface area (Å²) in [5.41, 5.74) is 1.91. The molecule has 0 fully saturated rings. The lowest BCUT2D eigenvalue weighted by Gasteiger charge is -2.10. The van der Waals surface area contributed by atoms with Gasteiger partial charge >= 0.3 is 0 Å². The molecule has 1 heterocycles. The number of carbonyl (C=O) groups is 1. The number of aryl methyl sites for hydroxylation is 1. The van der Waals surface area contributed by atoms with Crippen LogP contribution >= 0.6 is 0 Å². The van der Waals surface area contributed by atoms with E-state index < -0.39 is 0 Å². The maximum atomic E-state index is 11.1. The highest BCUT2D eigenvalue weighted by Gasteiger charge is 2.04.